The van der Waals surface area contributed by atoms with Gasteiger partial charge in [0.15, 0.2) is 5.78 Å². The quantitative estimate of drug-likeness (QED) is 0.348. The van der Waals surface area contributed by atoms with E-state index in [9.17, 15) is 24.3 Å². The zero-order valence-electron chi connectivity index (χ0n) is 25.3. The van der Waals surface area contributed by atoms with Crippen LogP contribution in [0, 0.1) is 5.92 Å². The average Bonchev–Trinajstić information content (AvgIpc) is 2.99. The monoisotopic (exact) mass is 578 g/mol. The molecule has 0 radical (unpaired) electrons. The predicted molar refractivity (Wildman–Crippen MR) is 163 cm³/mol. The lowest BCUT2D eigenvalue weighted by atomic mass is 10.1. The normalized spacial score (nSPS) is 13.5. The largest absolute Gasteiger partial charge is 0.508 e. The van der Waals surface area contributed by atoms with Gasteiger partial charge in [-0.2, -0.15) is 0 Å². The highest BCUT2D eigenvalue weighted by atomic mass is 16.3. The van der Waals surface area contributed by atoms with Gasteiger partial charge in [0.1, 0.15) is 12.3 Å². The molecule has 0 spiro atoms. The minimum absolute atomic E-state index is 0.0443. The van der Waals surface area contributed by atoms with E-state index >= 15 is 0 Å². The fourth-order valence-corrected chi connectivity index (χ4v) is 4.94. The molecule has 0 unspecified atom stereocenters. The first-order chi connectivity index (χ1) is 20.2. The number of Topliss-reactive ketones (excluding diaryl/α,β-unsaturated/α-hetero) is 1. The summed E-state index contributed by atoms with van der Waals surface area (Å²) < 4.78 is 0. The molecule has 0 aliphatic carbocycles. The zero-order valence-corrected chi connectivity index (χ0v) is 25.3. The summed E-state index contributed by atoms with van der Waals surface area (Å²) >= 11 is 0. The Bertz CT molecular complexity index is 1160. The fraction of sp³-hybridized carbons (Fsp3) is 0.515. The first kappa shape index (κ1) is 32.8. The lowest BCUT2D eigenvalue weighted by molar-refractivity contribution is -0.145. The number of ketones is 1. The number of piperidine rings is 1. The number of nitrogens with zero attached hydrogens (tertiary/aromatic N) is 4. The van der Waals surface area contributed by atoms with Crippen molar-refractivity contribution in [3.8, 4) is 5.75 Å². The second kappa shape index (κ2) is 16.7. The van der Waals surface area contributed by atoms with Crippen LogP contribution >= 0.6 is 0 Å². The molecule has 0 atom stereocenters. The van der Waals surface area contributed by atoms with Crippen LogP contribution in [0.5, 0.6) is 5.75 Å². The Hall–Kier alpha value is -3.72. The molecule has 1 fully saturated rings. The van der Waals surface area contributed by atoms with Crippen LogP contribution in [0.1, 0.15) is 51.2 Å². The van der Waals surface area contributed by atoms with Crippen molar-refractivity contribution in [2.75, 3.05) is 52.4 Å². The van der Waals surface area contributed by atoms with Crippen molar-refractivity contribution in [2.45, 2.75) is 53.0 Å². The Labute approximate surface area is 250 Å². The van der Waals surface area contributed by atoms with Gasteiger partial charge in [0.25, 0.3) is 0 Å². The number of phenolic OH excluding ortho intramolecular Hbond substituents is 1. The summed E-state index contributed by atoms with van der Waals surface area (Å²) in [5, 5.41) is 9.60. The number of carbonyl (C=O) groups excluding carboxylic acids is 4. The smallest absolute Gasteiger partial charge is 0.242 e. The summed E-state index contributed by atoms with van der Waals surface area (Å²) in [4.78, 5) is 59.9. The van der Waals surface area contributed by atoms with Crippen molar-refractivity contribution < 1.29 is 24.3 Å². The molecule has 2 aromatic carbocycles. The van der Waals surface area contributed by atoms with Gasteiger partial charge in [0.2, 0.25) is 17.7 Å². The summed E-state index contributed by atoms with van der Waals surface area (Å²) in [6.07, 6.45) is 3.83. The molecule has 0 aromatic heterocycles. The summed E-state index contributed by atoms with van der Waals surface area (Å²) in [5.74, 6) is -0.857. The van der Waals surface area contributed by atoms with E-state index in [1.807, 2.05) is 37.3 Å². The second-order valence-corrected chi connectivity index (χ2v) is 11.3. The molecule has 228 valence electrons. The van der Waals surface area contributed by atoms with Crippen molar-refractivity contribution in [1.82, 2.24) is 19.6 Å². The van der Waals surface area contributed by atoms with Gasteiger partial charge in [0, 0.05) is 25.6 Å². The lowest BCUT2D eigenvalue weighted by Crippen LogP contribution is -2.50. The first-order valence-electron chi connectivity index (χ1n) is 15.1. The van der Waals surface area contributed by atoms with Crippen LogP contribution in [0.4, 0.5) is 0 Å². The minimum atomic E-state index is -0.324. The molecule has 3 rings (SSSR count). The number of benzene rings is 2. The van der Waals surface area contributed by atoms with Crippen LogP contribution < -0.4 is 0 Å². The van der Waals surface area contributed by atoms with E-state index in [0.717, 1.165) is 37.1 Å². The van der Waals surface area contributed by atoms with E-state index in [4.69, 9.17) is 0 Å². The number of amides is 3. The average molecular weight is 579 g/mol. The van der Waals surface area contributed by atoms with Gasteiger partial charge in [-0.1, -0.05) is 62.7 Å². The molecule has 2 aromatic rings. The first-order valence-corrected chi connectivity index (χ1v) is 15.1. The fourth-order valence-electron chi connectivity index (χ4n) is 4.94. The van der Waals surface area contributed by atoms with Crippen LogP contribution in [0.25, 0.3) is 0 Å². The predicted octanol–water partition coefficient (Wildman–Crippen LogP) is 3.35. The third-order valence-electron chi connectivity index (χ3n) is 7.71. The van der Waals surface area contributed by atoms with Gasteiger partial charge in [-0.05, 0) is 62.5 Å². The summed E-state index contributed by atoms with van der Waals surface area (Å²) in [6, 6.07) is 16.2. The molecule has 1 saturated heterocycles. The SMILES string of the molecule is CCN(CC(=O)N(CC(=O)N(CCc1ccc(O)cc1)CC(=O)C(C)C)Cc1ccccc1)C(=O)CN1CCCCC1. The molecule has 0 bridgehead atoms. The van der Waals surface area contributed by atoms with E-state index < -0.39 is 0 Å². The van der Waals surface area contributed by atoms with E-state index in [1.165, 1.54) is 16.2 Å². The maximum atomic E-state index is 13.7. The number of likely N-dealkylation sites (N-methyl/N-ethyl adjacent to an activating group) is 1. The molecule has 1 aliphatic rings. The summed E-state index contributed by atoms with van der Waals surface area (Å²) in [5.41, 5.74) is 1.79. The second-order valence-electron chi connectivity index (χ2n) is 11.3. The van der Waals surface area contributed by atoms with Gasteiger partial charge >= 0.3 is 0 Å². The molecule has 1 aliphatic heterocycles. The Morgan fingerprint density at radius 2 is 1.38 bits per heavy atom. The van der Waals surface area contributed by atoms with Crippen molar-refractivity contribution in [2.24, 2.45) is 5.92 Å². The van der Waals surface area contributed by atoms with Crippen LogP contribution in [0.3, 0.4) is 0 Å². The summed E-state index contributed by atoms with van der Waals surface area (Å²) in [7, 11) is 0. The number of phenols is 1. The van der Waals surface area contributed by atoms with E-state index in [2.05, 4.69) is 4.90 Å². The van der Waals surface area contributed by atoms with Crippen LogP contribution in [-0.2, 0) is 32.1 Å². The third kappa shape index (κ3) is 10.6. The maximum Gasteiger partial charge on any atom is 0.242 e. The topological polar surface area (TPSA) is 101 Å². The highest BCUT2D eigenvalue weighted by Crippen LogP contribution is 2.13. The van der Waals surface area contributed by atoms with E-state index in [-0.39, 0.29) is 61.4 Å². The maximum absolute atomic E-state index is 13.7. The van der Waals surface area contributed by atoms with E-state index in [0.29, 0.717) is 26.1 Å². The number of hydrogen-bond donors (Lipinski definition) is 1. The van der Waals surface area contributed by atoms with Crippen LogP contribution in [0.2, 0.25) is 0 Å². The summed E-state index contributed by atoms with van der Waals surface area (Å²) in [6.45, 7) is 8.09. The molecule has 1 heterocycles. The Morgan fingerprint density at radius 1 is 0.762 bits per heavy atom. The molecule has 3 amide bonds. The van der Waals surface area contributed by atoms with Crippen molar-refractivity contribution in [3.05, 3.63) is 65.7 Å². The van der Waals surface area contributed by atoms with Gasteiger partial charge in [-0.25, -0.2) is 0 Å². The Kier molecular flexibility index (Phi) is 13.0. The highest BCUT2D eigenvalue weighted by molar-refractivity contribution is 5.91. The zero-order chi connectivity index (χ0) is 30.5. The van der Waals surface area contributed by atoms with Gasteiger partial charge < -0.3 is 19.8 Å². The standard InChI is InChI=1S/C33H46N4O5/c1-4-35(31(40)23-34-18-9-6-10-19-34)24-33(42)37(21-28-11-7-5-8-12-28)25-32(41)36(22-30(39)26(2)3)20-17-27-13-15-29(38)16-14-27/h5,7-8,11-16,26,38H,4,6,9-10,17-25H2,1-3H3. The molecule has 1 N–H and O–H groups in total. The van der Waals surface area contributed by atoms with Crippen LogP contribution in [-0.4, -0.2) is 101 Å². The van der Waals surface area contributed by atoms with Gasteiger partial charge in [0.05, 0.1) is 19.6 Å². The highest BCUT2D eigenvalue weighted by Gasteiger charge is 2.27. The van der Waals surface area contributed by atoms with Crippen LogP contribution in [0.15, 0.2) is 54.6 Å². The molecule has 9 heteroatoms. The van der Waals surface area contributed by atoms with Crippen molar-refractivity contribution in [1.29, 1.82) is 0 Å². The minimum Gasteiger partial charge on any atom is -0.508 e. The molecule has 0 saturated carbocycles. The number of carbonyl (C=O) groups is 4. The Balaban J connectivity index is 1.74. The number of aromatic hydroxyl groups is 1. The number of hydrogen-bond acceptors (Lipinski definition) is 6. The number of likely N-dealkylation sites (tertiary alicyclic amines) is 1. The van der Waals surface area contributed by atoms with Crippen molar-refractivity contribution >= 4 is 23.5 Å². The molecular formula is C33H46N4O5. The lowest BCUT2D eigenvalue weighted by Gasteiger charge is -2.31. The Morgan fingerprint density at radius 3 is 2.00 bits per heavy atom. The molecular weight excluding hydrogens is 532 g/mol. The van der Waals surface area contributed by atoms with Gasteiger partial charge in [-0.15, -0.1) is 0 Å². The van der Waals surface area contributed by atoms with Gasteiger partial charge in [-0.3, -0.25) is 24.1 Å². The van der Waals surface area contributed by atoms with E-state index in [1.54, 1.807) is 43.0 Å². The third-order valence-corrected chi connectivity index (χ3v) is 7.71. The molecule has 42 heavy (non-hydrogen) atoms. The molecule has 9 nitrogen and oxygen atoms in total. The number of rotatable bonds is 15. The van der Waals surface area contributed by atoms with Crippen molar-refractivity contribution in [3.63, 3.8) is 0 Å².